The van der Waals surface area contributed by atoms with Crippen LogP contribution in [0.25, 0.3) is 11.0 Å². The number of rotatable bonds is 8. The molecular formula is C21H17F7N2O3S. The van der Waals surface area contributed by atoms with Crippen LogP contribution in [-0.2, 0) is 27.9 Å². The third-order valence-electron chi connectivity index (χ3n) is 4.73. The Morgan fingerprint density at radius 3 is 2.29 bits per heavy atom. The van der Waals surface area contributed by atoms with Crippen molar-refractivity contribution in [1.29, 1.82) is 0 Å². The Labute approximate surface area is 192 Å². The highest BCUT2D eigenvalue weighted by Crippen LogP contribution is 2.38. The number of imidazole rings is 1. The third kappa shape index (κ3) is 4.99. The summed E-state index contributed by atoms with van der Waals surface area (Å²) in [6, 6.07) is 4.48. The molecule has 0 aliphatic rings. The predicted octanol–water partition coefficient (Wildman–Crippen LogP) is 5.73. The van der Waals surface area contributed by atoms with Crippen molar-refractivity contribution in [2.75, 3.05) is 20.3 Å². The zero-order valence-electron chi connectivity index (χ0n) is 17.7. The average molecular weight is 510 g/mol. The fourth-order valence-electron chi connectivity index (χ4n) is 3.15. The Kier molecular flexibility index (Phi) is 7.76. The molecule has 13 heteroatoms. The van der Waals surface area contributed by atoms with E-state index in [1.54, 1.807) is 17.6 Å². The zero-order chi connectivity index (χ0) is 25.2. The van der Waals surface area contributed by atoms with Crippen LogP contribution in [-0.4, -0.2) is 35.8 Å². The van der Waals surface area contributed by atoms with Gasteiger partial charge >= 0.3 is 12.1 Å². The molecule has 0 saturated heterocycles. The molecule has 184 valence electrons. The molecule has 5 nitrogen and oxygen atoms in total. The first-order chi connectivity index (χ1) is 16.0. The lowest BCUT2D eigenvalue weighted by atomic mass is 10.1. The van der Waals surface area contributed by atoms with Gasteiger partial charge in [0.25, 0.3) is 0 Å². The van der Waals surface area contributed by atoms with Crippen molar-refractivity contribution in [2.24, 2.45) is 0 Å². The first-order valence-electron chi connectivity index (χ1n) is 9.72. The number of hydrogen-bond acceptors (Lipinski definition) is 5. The summed E-state index contributed by atoms with van der Waals surface area (Å²) in [4.78, 5) is 16.3. The number of halogens is 7. The number of nitrogens with zero attached hydrogens (tertiary/aromatic N) is 2. The van der Waals surface area contributed by atoms with Gasteiger partial charge in [-0.2, -0.15) is 13.2 Å². The number of hydrogen-bond donors (Lipinski definition) is 0. The van der Waals surface area contributed by atoms with E-state index in [2.05, 4.69) is 4.98 Å². The topological polar surface area (TPSA) is 53.3 Å². The molecule has 0 spiro atoms. The maximum absolute atomic E-state index is 14.3. The number of thioether (sulfide) groups is 1. The van der Waals surface area contributed by atoms with Crippen molar-refractivity contribution >= 4 is 28.8 Å². The molecule has 0 fully saturated rings. The lowest BCUT2D eigenvalue weighted by molar-refractivity contribution is -0.143. The molecule has 3 rings (SSSR count). The van der Waals surface area contributed by atoms with Crippen LogP contribution in [0.15, 0.2) is 23.4 Å². The molecule has 0 bridgehead atoms. The number of esters is 1. The molecule has 1 heterocycles. The normalized spacial score (nSPS) is 11.9. The summed E-state index contributed by atoms with van der Waals surface area (Å²) in [6.45, 7) is 2.20. The van der Waals surface area contributed by atoms with Crippen LogP contribution >= 0.6 is 11.8 Å². The van der Waals surface area contributed by atoms with Gasteiger partial charge in [0.15, 0.2) is 28.4 Å². The molecule has 3 aromatic rings. The zero-order valence-corrected chi connectivity index (χ0v) is 18.6. The number of alkyl halides is 3. The SMILES string of the molecule is CCOC(=O)c1ccc2c(c1)nc(SCc1c(F)c(F)c(C(F)(F)F)c(F)c1F)n2CCOC. The predicted molar refractivity (Wildman–Crippen MR) is 108 cm³/mol. The monoisotopic (exact) mass is 510 g/mol. The number of methoxy groups -OCH3 is 1. The van der Waals surface area contributed by atoms with Crippen molar-refractivity contribution in [2.45, 2.75) is 30.6 Å². The number of carbonyl (C=O) groups is 1. The first kappa shape index (κ1) is 25.8. The molecule has 0 amide bonds. The molecule has 1 aromatic heterocycles. The fourth-order valence-corrected chi connectivity index (χ4v) is 4.18. The van der Waals surface area contributed by atoms with Crippen LogP contribution in [0.3, 0.4) is 0 Å². The van der Waals surface area contributed by atoms with Gasteiger partial charge in [-0.1, -0.05) is 11.8 Å². The highest BCUT2D eigenvalue weighted by Gasteiger charge is 2.42. The Morgan fingerprint density at radius 1 is 1.09 bits per heavy atom. The standard InChI is InChI=1S/C21H17F7N2O3S/c1-3-33-19(31)10-4-5-13-12(8-10)29-20(30(13)6-7-32-2)34-9-11-15(22)17(24)14(21(26,27)28)18(25)16(11)23/h4-5,8H,3,6-7,9H2,1-2H3. The van der Waals surface area contributed by atoms with Gasteiger partial charge in [-0.05, 0) is 25.1 Å². The van der Waals surface area contributed by atoms with Crippen molar-refractivity contribution < 1.29 is 45.0 Å². The number of aromatic nitrogens is 2. The molecule has 0 N–H and O–H groups in total. The van der Waals surface area contributed by atoms with E-state index < -0.39 is 52.3 Å². The Hall–Kier alpha value is -2.80. The van der Waals surface area contributed by atoms with Crippen LogP contribution in [0.5, 0.6) is 0 Å². The summed E-state index contributed by atoms with van der Waals surface area (Å²) in [5.74, 6) is -10.7. The highest BCUT2D eigenvalue weighted by molar-refractivity contribution is 7.98. The molecule has 0 atom stereocenters. The second-order valence-corrected chi connectivity index (χ2v) is 7.80. The Bertz CT molecular complexity index is 1200. The summed E-state index contributed by atoms with van der Waals surface area (Å²) in [6.07, 6.45) is -5.62. The number of carbonyl (C=O) groups excluding carboxylic acids is 1. The molecule has 0 unspecified atom stereocenters. The Morgan fingerprint density at radius 2 is 1.74 bits per heavy atom. The molecule has 0 radical (unpaired) electrons. The molecule has 0 saturated carbocycles. The van der Waals surface area contributed by atoms with E-state index >= 15 is 0 Å². The van der Waals surface area contributed by atoms with Crippen molar-refractivity contribution in [3.8, 4) is 0 Å². The van der Waals surface area contributed by atoms with Crippen molar-refractivity contribution in [3.05, 3.63) is 58.2 Å². The fraction of sp³-hybridized carbons (Fsp3) is 0.333. The minimum Gasteiger partial charge on any atom is -0.462 e. The molecule has 34 heavy (non-hydrogen) atoms. The summed E-state index contributed by atoms with van der Waals surface area (Å²) in [5, 5.41) is 0.132. The van der Waals surface area contributed by atoms with Crippen LogP contribution < -0.4 is 0 Å². The van der Waals surface area contributed by atoms with Gasteiger partial charge in [0.2, 0.25) is 0 Å². The smallest absolute Gasteiger partial charge is 0.422 e. The maximum Gasteiger partial charge on any atom is 0.422 e. The van der Waals surface area contributed by atoms with E-state index in [9.17, 15) is 35.5 Å². The number of ether oxygens (including phenoxy) is 2. The van der Waals surface area contributed by atoms with Crippen molar-refractivity contribution in [3.63, 3.8) is 0 Å². The summed E-state index contributed by atoms with van der Waals surface area (Å²) >= 11 is 0.645. The van der Waals surface area contributed by atoms with Crippen LogP contribution in [0, 0.1) is 23.3 Å². The lowest BCUT2D eigenvalue weighted by Crippen LogP contribution is -2.17. The maximum atomic E-state index is 14.3. The second-order valence-electron chi connectivity index (χ2n) is 6.86. The highest BCUT2D eigenvalue weighted by atomic mass is 32.2. The van der Waals surface area contributed by atoms with Gasteiger partial charge in [0.05, 0.1) is 29.8 Å². The van der Waals surface area contributed by atoms with Gasteiger partial charge < -0.3 is 14.0 Å². The van der Waals surface area contributed by atoms with E-state index in [1.165, 1.54) is 19.2 Å². The van der Waals surface area contributed by atoms with Crippen LogP contribution in [0.1, 0.15) is 28.4 Å². The van der Waals surface area contributed by atoms with Gasteiger partial charge in [-0.25, -0.2) is 27.3 Å². The minimum absolute atomic E-state index is 0.132. The van der Waals surface area contributed by atoms with E-state index in [0.29, 0.717) is 22.8 Å². The average Bonchev–Trinajstić information content (AvgIpc) is 3.12. The third-order valence-corrected chi connectivity index (χ3v) is 5.73. The largest absolute Gasteiger partial charge is 0.462 e. The number of fused-ring (bicyclic) bond motifs is 1. The van der Waals surface area contributed by atoms with E-state index in [0.717, 1.165) is 0 Å². The van der Waals surface area contributed by atoms with E-state index in [4.69, 9.17) is 9.47 Å². The van der Waals surface area contributed by atoms with Crippen LogP contribution in [0.2, 0.25) is 0 Å². The molecular weight excluding hydrogens is 493 g/mol. The van der Waals surface area contributed by atoms with E-state index in [-0.39, 0.29) is 30.5 Å². The quantitative estimate of drug-likeness (QED) is 0.168. The molecule has 0 aliphatic heterocycles. The summed E-state index contributed by atoms with van der Waals surface area (Å²) in [7, 11) is 1.43. The van der Waals surface area contributed by atoms with Gasteiger partial charge in [0, 0.05) is 25.0 Å². The van der Waals surface area contributed by atoms with Gasteiger partial charge in [0.1, 0.15) is 5.56 Å². The van der Waals surface area contributed by atoms with E-state index in [1.807, 2.05) is 0 Å². The summed E-state index contributed by atoms with van der Waals surface area (Å²) in [5.41, 5.74) is -2.81. The minimum atomic E-state index is -5.62. The first-order valence-corrected chi connectivity index (χ1v) is 10.7. The van der Waals surface area contributed by atoms with Crippen molar-refractivity contribution in [1.82, 2.24) is 9.55 Å². The second kappa shape index (κ2) is 10.2. The Balaban J connectivity index is 2.01. The molecule has 0 aliphatic carbocycles. The van der Waals surface area contributed by atoms with Gasteiger partial charge in [-0.3, -0.25) is 0 Å². The summed E-state index contributed by atoms with van der Waals surface area (Å²) < 4.78 is 106. The number of benzene rings is 2. The van der Waals surface area contributed by atoms with Crippen LogP contribution in [0.4, 0.5) is 30.7 Å². The lowest BCUT2D eigenvalue weighted by Gasteiger charge is -2.14. The van der Waals surface area contributed by atoms with Gasteiger partial charge in [-0.15, -0.1) is 0 Å². The molecule has 2 aromatic carbocycles.